The number of rotatable bonds is 1. The first kappa shape index (κ1) is 9.18. The van der Waals surface area contributed by atoms with Gasteiger partial charge in [-0.25, -0.2) is 0 Å². The fourth-order valence-corrected chi connectivity index (χ4v) is 1.43. The topological polar surface area (TPSA) is 53.4 Å². The lowest BCUT2D eigenvalue weighted by molar-refractivity contribution is 0.426. The van der Waals surface area contributed by atoms with Gasteiger partial charge in [0.25, 0.3) is 0 Å². The highest BCUT2D eigenvalue weighted by atomic mass is 16.4. The Morgan fingerprint density at radius 3 is 2.64 bits per heavy atom. The third kappa shape index (κ3) is 1.62. The van der Waals surface area contributed by atoms with Gasteiger partial charge in [0, 0.05) is 11.9 Å². The minimum atomic E-state index is -1.41. The SMILES string of the molecule is Cc1cc2cc(B(O)O)ccc2cn1. The van der Waals surface area contributed by atoms with Crippen molar-refractivity contribution in [1.82, 2.24) is 4.98 Å². The summed E-state index contributed by atoms with van der Waals surface area (Å²) in [5.74, 6) is 0. The Morgan fingerprint density at radius 1 is 1.14 bits per heavy atom. The number of hydrogen-bond donors (Lipinski definition) is 2. The van der Waals surface area contributed by atoms with Gasteiger partial charge in [0.15, 0.2) is 0 Å². The van der Waals surface area contributed by atoms with Crippen LogP contribution < -0.4 is 5.46 Å². The Kier molecular flexibility index (Phi) is 2.23. The van der Waals surface area contributed by atoms with Gasteiger partial charge in [0.05, 0.1) is 0 Å². The fraction of sp³-hybridized carbons (Fsp3) is 0.100. The van der Waals surface area contributed by atoms with Gasteiger partial charge in [-0.2, -0.15) is 0 Å². The normalized spacial score (nSPS) is 10.5. The minimum absolute atomic E-state index is 0.503. The van der Waals surface area contributed by atoms with Crippen LogP contribution >= 0.6 is 0 Å². The number of fused-ring (bicyclic) bond motifs is 1. The average Bonchev–Trinajstić information content (AvgIpc) is 2.16. The zero-order valence-electron chi connectivity index (χ0n) is 7.81. The summed E-state index contributed by atoms with van der Waals surface area (Å²) in [5.41, 5.74) is 1.42. The van der Waals surface area contributed by atoms with Crippen molar-refractivity contribution in [3.8, 4) is 0 Å². The number of benzene rings is 1. The molecule has 0 aliphatic rings. The van der Waals surface area contributed by atoms with Crippen molar-refractivity contribution >= 4 is 23.4 Å². The maximum Gasteiger partial charge on any atom is 0.488 e. The minimum Gasteiger partial charge on any atom is -0.423 e. The largest absolute Gasteiger partial charge is 0.488 e. The van der Waals surface area contributed by atoms with E-state index in [9.17, 15) is 0 Å². The molecule has 2 N–H and O–H groups in total. The van der Waals surface area contributed by atoms with Crippen LogP contribution in [0.15, 0.2) is 30.5 Å². The van der Waals surface area contributed by atoms with Gasteiger partial charge in [0.2, 0.25) is 0 Å². The van der Waals surface area contributed by atoms with Crippen molar-refractivity contribution in [2.45, 2.75) is 6.92 Å². The summed E-state index contributed by atoms with van der Waals surface area (Å²) in [6.45, 7) is 1.90. The lowest BCUT2D eigenvalue weighted by atomic mass is 9.79. The number of pyridine rings is 1. The first-order valence-electron chi connectivity index (χ1n) is 4.39. The summed E-state index contributed by atoms with van der Waals surface area (Å²) in [6, 6.07) is 7.19. The predicted octanol–water partition coefficient (Wildman–Crippen LogP) is 0.223. The molecular weight excluding hydrogens is 177 g/mol. The second-order valence-electron chi connectivity index (χ2n) is 3.31. The van der Waals surface area contributed by atoms with Crippen LogP contribution in [0.4, 0.5) is 0 Å². The highest BCUT2D eigenvalue weighted by Crippen LogP contribution is 2.11. The summed E-state index contributed by atoms with van der Waals surface area (Å²) in [4.78, 5) is 4.16. The molecule has 1 aromatic heterocycles. The van der Waals surface area contributed by atoms with Crippen molar-refractivity contribution in [1.29, 1.82) is 0 Å². The molecule has 14 heavy (non-hydrogen) atoms. The Balaban J connectivity index is 2.63. The Bertz CT molecular complexity index is 471. The molecule has 70 valence electrons. The number of nitrogens with zero attached hydrogens (tertiary/aromatic N) is 1. The summed E-state index contributed by atoms with van der Waals surface area (Å²) in [7, 11) is -1.41. The quantitative estimate of drug-likeness (QED) is 0.628. The van der Waals surface area contributed by atoms with Gasteiger partial charge in [-0.15, -0.1) is 0 Å². The second kappa shape index (κ2) is 3.40. The van der Waals surface area contributed by atoms with Crippen LogP contribution in [0.3, 0.4) is 0 Å². The zero-order valence-corrected chi connectivity index (χ0v) is 7.81. The van der Waals surface area contributed by atoms with Crippen molar-refractivity contribution < 1.29 is 10.0 Å². The molecule has 0 atom stereocenters. The molecule has 2 aromatic rings. The zero-order chi connectivity index (χ0) is 10.1. The molecule has 0 saturated heterocycles. The van der Waals surface area contributed by atoms with E-state index in [1.54, 1.807) is 18.3 Å². The smallest absolute Gasteiger partial charge is 0.423 e. The molecule has 0 amide bonds. The van der Waals surface area contributed by atoms with E-state index < -0.39 is 7.12 Å². The molecule has 1 heterocycles. The summed E-state index contributed by atoms with van der Waals surface area (Å²) in [6.07, 6.45) is 1.78. The van der Waals surface area contributed by atoms with Crippen LogP contribution in [0.5, 0.6) is 0 Å². The number of aryl methyl sites for hydroxylation is 1. The molecule has 0 fully saturated rings. The van der Waals surface area contributed by atoms with E-state index >= 15 is 0 Å². The van der Waals surface area contributed by atoms with Crippen LogP contribution in [0.2, 0.25) is 0 Å². The molecule has 0 unspecified atom stereocenters. The maximum atomic E-state index is 8.99. The first-order valence-corrected chi connectivity index (χ1v) is 4.39. The van der Waals surface area contributed by atoms with Gasteiger partial charge in [-0.1, -0.05) is 18.2 Å². The monoisotopic (exact) mass is 187 g/mol. The molecule has 0 bridgehead atoms. The number of hydrogen-bond acceptors (Lipinski definition) is 3. The molecule has 0 spiro atoms. The van der Waals surface area contributed by atoms with Crippen LogP contribution in [0, 0.1) is 6.92 Å². The van der Waals surface area contributed by atoms with E-state index in [0.29, 0.717) is 5.46 Å². The third-order valence-corrected chi connectivity index (χ3v) is 2.18. The summed E-state index contributed by atoms with van der Waals surface area (Å²) in [5, 5.41) is 20.0. The number of aromatic nitrogens is 1. The predicted molar refractivity (Wildman–Crippen MR) is 56.3 cm³/mol. The third-order valence-electron chi connectivity index (χ3n) is 2.18. The molecule has 4 heteroatoms. The summed E-state index contributed by atoms with van der Waals surface area (Å²) < 4.78 is 0. The van der Waals surface area contributed by atoms with E-state index in [1.807, 2.05) is 19.1 Å². The van der Waals surface area contributed by atoms with Gasteiger partial charge in [0.1, 0.15) is 0 Å². The first-order chi connectivity index (χ1) is 6.66. The van der Waals surface area contributed by atoms with Crippen LogP contribution in [0.1, 0.15) is 5.69 Å². The molecule has 0 radical (unpaired) electrons. The highest BCUT2D eigenvalue weighted by molar-refractivity contribution is 6.58. The van der Waals surface area contributed by atoms with Gasteiger partial charge < -0.3 is 10.0 Å². The van der Waals surface area contributed by atoms with E-state index in [2.05, 4.69) is 4.98 Å². The van der Waals surface area contributed by atoms with Crippen LogP contribution in [0.25, 0.3) is 10.8 Å². The van der Waals surface area contributed by atoms with Crippen molar-refractivity contribution in [2.75, 3.05) is 0 Å². The van der Waals surface area contributed by atoms with E-state index in [1.165, 1.54) is 0 Å². The Labute approximate surface area is 82.2 Å². The molecule has 3 nitrogen and oxygen atoms in total. The van der Waals surface area contributed by atoms with E-state index in [-0.39, 0.29) is 0 Å². The molecule has 0 saturated carbocycles. The van der Waals surface area contributed by atoms with E-state index in [0.717, 1.165) is 16.5 Å². The molecule has 1 aromatic carbocycles. The lowest BCUT2D eigenvalue weighted by Crippen LogP contribution is -2.29. The maximum absolute atomic E-state index is 8.99. The highest BCUT2D eigenvalue weighted by Gasteiger charge is 2.10. The lowest BCUT2D eigenvalue weighted by Gasteiger charge is -2.02. The summed E-state index contributed by atoms with van der Waals surface area (Å²) >= 11 is 0. The van der Waals surface area contributed by atoms with Gasteiger partial charge in [-0.3, -0.25) is 4.98 Å². The molecule has 0 aliphatic carbocycles. The fourth-order valence-electron chi connectivity index (χ4n) is 1.43. The molecular formula is C10H10BNO2. The Morgan fingerprint density at radius 2 is 1.93 bits per heavy atom. The van der Waals surface area contributed by atoms with Crippen molar-refractivity contribution in [3.63, 3.8) is 0 Å². The van der Waals surface area contributed by atoms with Crippen LogP contribution in [-0.2, 0) is 0 Å². The van der Waals surface area contributed by atoms with Crippen molar-refractivity contribution in [3.05, 3.63) is 36.2 Å². The molecule has 2 rings (SSSR count). The van der Waals surface area contributed by atoms with Crippen molar-refractivity contribution in [2.24, 2.45) is 0 Å². The van der Waals surface area contributed by atoms with E-state index in [4.69, 9.17) is 10.0 Å². The van der Waals surface area contributed by atoms with Gasteiger partial charge >= 0.3 is 7.12 Å². The van der Waals surface area contributed by atoms with Gasteiger partial charge in [-0.05, 0) is 29.2 Å². The molecule has 0 aliphatic heterocycles. The average molecular weight is 187 g/mol. The van der Waals surface area contributed by atoms with Crippen LogP contribution in [-0.4, -0.2) is 22.2 Å². The standard InChI is InChI=1S/C10H10BNO2/c1-7-4-9-5-10(11(13)14)3-2-8(9)6-12-7/h2-6,13-14H,1H3. The Hall–Kier alpha value is -1.39. The second-order valence-corrected chi connectivity index (χ2v) is 3.31.